The van der Waals surface area contributed by atoms with Gasteiger partial charge < -0.3 is 10.4 Å². The van der Waals surface area contributed by atoms with Crippen LogP contribution in [0.3, 0.4) is 0 Å². The molecule has 4 aliphatic carbocycles. The van der Waals surface area contributed by atoms with Gasteiger partial charge in [-0.05, 0) is 80.5 Å². The van der Waals surface area contributed by atoms with Crippen LogP contribution in [-0.2, 0) is 10.0 Å². The van der Waals surface area contributed by atoms with Crippen molar-refractivity contribution in [2.45, 2.75) is 55.1 Å². The minimum atomic E-state index is -3.52. The van der Waals surface area contributed by atoms with Crippen molar-refractivity contribution in [3.05, 3.63) is 24.3 Å². The van der Waals surface area contributed by atoms with E-state index in [0.717, 1.165) is 24.9 Å². The molecule has 0 heterocycles. The molecule has 1 aromatic carbocycles. The molecule has 4 fully saturated rings. The van der Waals surface area contributed by atoms with E-state index in [1.807, 2.05) is 0 Å². The number of aliphatic hydroxyl groups excluding tert-OH is 1. The van der Waals surface area contributed by atoms with E-state index in [4.69, 9.17) is 11.6 Å². The van der Waals surface area contributed by atoms with Gasteiger partial charge in [0.2, 0.25) is 10.0 Å². The van der Waals surface area contributed by atoms with E-state index in [2.05, 4.69) is 10.0 Å². The zero-order chi connectivity index (χ0) is 18.4. The number of rotatable bonds is 7. The third-order valence-corrected chi connectivity index (χ3v) is 8.22. The van der Waals surface area contributed by atoms with E-state index in [0.29, 0.717) is 29.2 Å². The molecule has 5 rings (SSSR count). The van der Waals surface area contributed by atoms with Crippen LogP contribution in [-0.4, -0.2) is 37.6 Å². The Morgan fingerprint density at radius 2 is 1.62 bits per heavy atom. The van der Waals surface area contributed by atoms with Gasteiger partial charge in [0.1, 0.15) is 0 Å². The Balaban J connectivity index is 1.45. The number of halogens is 1. The average Bonchev–Trinajstić information content (AvgIpc) is 2.58. The summed E-state index contributed by atoms with van der Waals surface area (Å²) in [6.07, 6.45) is 6.22. The van der Waals surface area contributed by atoms with Crippen molar-refractivity contribution in [2.75, 3.05) is 17.7 Å². The molecule has 4 bridgehead atoms. The molecule has 0 aliphatic heterocycles. The number of hydrogen-bond acceptors (Lipinski definition) is 4. The summed E-state index contributed by atoms with van der Waals surface area (Å²) in [5.41, 5.74) is 0.539. The predicted molar refractivity (Wildman–Crippen MR) is 103 cm³/mol. The van der Waals surface area contributed by atoms with Crippen molar-refractivity contribution in [3.63, 3.8) is 0 Å². The maximum atomic E-state index is 13.0. The van der Waals surface area contributed by atoms with E-state index in [1.54, 1.807) is 24.3 Å². The topological polar surface area (TPSA) is 78.4 Å². The summed E-state index contributed by atoms with van der Waals surface area (Å²) in [5, 5.41) is 12.5. The van der Waals surface area contributed by atoms with Gasteiger partial charge in [-0.3, -0.25) is 0 Å². The van der Waals surface area contributed by atoms with Crippen LogP contribution in [0.4, 0.5) is 5.69 Å². The van der Waals surface area contributed by atoms with Crippen LogP contribution in [0.5, 0.6) is 0 Å². The van der Waals surface area contributed by atoms with Crippen LogP contribution in [0.1, 0.15) is 38.5 Å². The lowest BCUT2D eigenvalue weighted by atomic mass is 9.53. The molecule has 0 amide bonds. The fraction of sp³-hybridized carbons (Fsp3) is 0.684. The molecule has 4 aliphatic rings. The fourth-order valence-corrected chi connectivity index (χ4v) is 7.16. The van der Waals surface area contributed by atoms with Crippen LogP contribution in [0, 0.1) is 17.8 Å². The molecule has 7 heteroatoms. The Labute approximate surface area is 160 Å². The van der Waals surface area contributed by atoms with E-state index in [9.17, 15) is 13.5 Å². The van der Waals surface area contributed by atoms with Gasteiger partial charge in [-0.1, -0.05) is 0 Å². The van der Waals surface area contributed by atoms with Crippen LogP contribution in [0.25, 0.3) is 0 Å². The number of anilines is 1. The maximum Gasteiger partial charge on any atom is 0.241 e. The molecule has 0 radical (unpaired) electrons. The normalized spacial score (nSPS) is 34.0. The van der Waals surface area contributed by atoms with Crippen LogP contribution < -0.4 is 10.0 Å². The van der Waals surface area contributed by atoms with Crippen molar-refractivity contribution in [2.24, 2.45) is 17.8 Å². The molecule has 144 valence electrons. The lowest BCUT2D eigenvalue weighted by molar-refractivity contribution is -0.00810. The van der Waals surface area contributed by atoms with Gasteiger partial charge in [0.15, 0.2) is 0 Å². The average molecular weight is 399 g/mol. The largest absolute Gasteiger partial charge is 0.390 e. The molecule has 26 heavy (non-hydrogen) atoms. The monoisotopic (exact) mass is 398 g/mol. The lowest BCUT2D eigenvalue weighted by Crippen LogP contribution is -2.59. The van der Waals surface area contributed by atoms with Gasteiger partial charge in [-0.2, -0.15) is 0 Å². The molecule has 3 N–H and O–H groups in total. The zero-order valence-corrected chi connectivity index (χ0v) is 16.4. The first-order chi connectivity index (χ1) is 12.4. The molecule has 4 saturated carbocycles. The molecule has 1 unspecified atom stereocenters. The third kappa shape index (κ3) is 3.75. The summed E-state index contributed by atoms with van der Waals surface area (Å²) in [6.45, 7) is 0.334. The highest BCUT2D eigenvalue weighted by Gasteiger charge is 2.52. The number of nitrogens with one attached hydrogen (secondary N) is 2. The number of aliphatic hydroxyl groups is 1. The summed E-state index contributed by atoms with van der Waals surface area (Å²) < 4.78 is 29.0. The molecular weight excluding hydrogens is 372 g/mol. The summed E-state index contributed by atoms with van der Waals surface area (Å²) in [5.74, 6) is 2.26. The van der Waals surface area contributed by atoms with Gasteiger partial charge in [-0.25, -0.2) is 13.1 Å². The van der Waals surface area contributed by atoms with E-state index in [-0.39, 0.29) is 11.4 Å². The number of hydrogen-bond donors (Lipinski definition) is 3. The van der Waals surface area contributed by atoms with Gasteiger partial charge in [0.25, 0.3) is 0 Å². The third-order valence-electron chi connectivity index (χ3n) is 6.27. The molecule has 0 aromatic heterocycles. The van der Waals surface area contributed by atoms with Crippen LogP contribution in [0.15, 0.2) is 29.2 Å². The second kappa shape index (κ2) is 6.97. The van der Waals surface area contributed by atoms with E-state index >= 15 is 0 Å². The highest BCUT2D eigenvalue weighted by Crippen LogP contribution is 2.55. The number of benzene rings is 1. The zero-order valence-electron chi connectivity index (χ0n) is 14.8. The fourth-order valence-electron chi connectivity index (χ4n) is 5.62. The second-order valence-corrected chi connectivity index (χ2v) is 10.5. The highest BCUT2D eigenvalue weighted by molar-refractivity contribution is 7.89. The van der Waals surface area contributed by atoms with Crippen molar-refractivity contribution in [1.82, 2.24) is 4.72 Å². The van der Waals surface area contributed by atoms with Crippen LogP contribution in [0.2, 0.25) is 0 Å². The van der Waals surface area contributed by atoms with Gasteiger partial charge in [0, 0.05) is 17.8 Å². The predicted octanol–water partition coefficient (Wildman–Crippen LogP) is 2.95. The Morgan fingerprint density at radius 1 is 1.08 bits per heavy atom. The minimum absolute atomic E-state index is 0.161. The molecule has 0 spiro atoms. The van der Waals surface area contributed by atoms with Crippen molar-refractivity contribution in [1.29, 1.82) is 0 Å². The second-order valence-electron chi connectivity index (χ2n) is 8.52. The summed E-state index contributed by atoms with van der Waals surface area (Å²) >= 11 is 5.57. The van der Waals surface area contributed by atoms with E-state index < -0.39 is 16.1 Å². The molecule has 0 saturated heterocycles. The smallest absolute Gasteiger partial charge is 0.241 e. The van der Waals surface area contributed by atoms with Gasteiger partial charge >= 0.3 is 0 Å². The highest BCUT2D eigenvalue weighted by atomic mass is 35.5. The summed E-state index contributed by atoms with van der Waals surface area (Å²) in [4.78, 5) is 0.302. The van der Waals surface area contributed by atoms with E-state index in [1.165, 1.54) is 19.3 Å². The number of alkyl halides is 1. The lowest BCUT2D eigenvalue weighted by Gasteiger charge is -2.56. The standard InChI is InChI=1S/C19H27ClN2O3S/c20-11-17(23)12-21-16-1-3-18(4-2-16)26(24,25)22-19-8-13-5-14(9-19)7-15(6-13)10-19/h1-4,13-15,17,21-23H,5-12H2. The molecule has 1 aromatic rings. The molecular formula is C19H27ClN2O3S. The first-order valence-electron chi connectivity index (χ1n) is 9.49. The Hall–Kier alpha value is -0.820. The first kappa shape index (κ1) is 18.5. The summed E-state index contributed by atoms with van der Waals surface area (Å²) in [7, 11) is -3.52. The SMILES string of the molecule is O=S(=O)(NC12CC3CC(CC(C3)C1)C2)c1ccc(NCC(O)CCl)cc1. The van der Waals surface area contributed by atoms with Crippen molar-refractivity contribution in [3.8, 4) is 0 Å². The maximum absolute atomic E-state index is 13.0. The quantitative estimate of drug-likeness (QED) is 0.617. The van der Waals surface area contributed by atoms with Gasteiger partial charge in [-0.15, -0.1) is 11.6 Å². The Kier molecular flexibility index (Phi) is 4.97. The van der Waals surface area contributed by atoms with Crippen LogP contribution >= 0.6 is 11.6 Å². The minimum Gasteiger partial charge on any atom is -0.390 e. The first-order valence-corrected chi connectivity index (χ1v) is 11.5. The van der Waals surface area contributed by atoms with Crippen molar-refractivity contribution < 1.29 is 13.5 Å². The van der Waals surface area contributed by atoms with Gasteiger partial charge in [0.05, 0.1) is 16.9 Å². The Morgan fingerprint density at radius 3 is 2.12 bits per heavy atom. The molecule has 1 atom stereocenters. The van der Waals surface area contributed by atoms with Crippen molar-refractivity contribution >= 4 is 27.3 Å². The molecule has 5 nitrogen and oxygen atoms in total. The summed E-state index contributed by atoms with van der Waals surface area (Å²) in [6, 6.07) is 6.71. The number of sulfonamides is 1. The Bertz CT molecular complexity index is 715.